The first-order valence-corrected chi connectivity index (χ1v) is 8.90. The lowest BCUT2D eigenvalue weighted by Crippen LogP contribution is -2.29. The maximum Gasteiger partial charge on any atom is 0.255 e. The lowest BCUT2D eigenvalue weighted by Gasteiger charge is -2.26. The van der Waals surface area contributed by atoms with Gasteiger partial charge in [0.2, 0.25) is 0 Å². The number of nitrogens with one attached hydrogen (secondary N) is 1. The Morgan fingerprint density at radius 2 is 1.96 bits per heavy atom. The van der Waals surface area contributed by atoms with Crippen molar-refractivity contribution in [3.05, 3.63) is 82.2 Å². The lowest BCUT2D eigenvalue weighted by molar-refractivity contribution is 0.294. The number of methoxy groups -OCH3 is 1. The van der Waals surface area contributed by atoms with Crippen molar-refractivity contribution in [3.8, 4) is 5.75 Å². The first kappa shape index (κ1) is 16.6. The number of fused-ring (bicyclic) bond motifs is 1. The molecule has 0 atom stereocenters. The van der Waals surface area contributed by atoms with Crippen LogP contribution in [-0.4, -0.2) is 30.1 Å². The molecule has 1 N–H and O–H groups in total. The molecule has 0 bridgehead atoms. The number of aromatic nitrogens is 1. The van der Waals surface area contributed by atoms with Crippen molar-refractivity contribution < 1.29 is 4.74 Å². The zero-order valence-corrected chi connectivity index (χ0v) is 14.9. The van der Waals surface area contributed by atoms with Gasteiger partial charge in [0.1, 0.15) is 5.75 Å². The smallest absolute Gasteiger partial charge is 0.255 e. The lowest BCUT2D eigenvalue weighted by atomic mass is 9.99. The molecule has 1 aliphatic heterocycles. The molecule has 0 saturated carbocycles. The average Bonchev–Trinajstić information content (AvgIpc) is 2.68. The van der Waals surface area contributed by atoms with Crippen molar-refractivity contribution in [2.75, 3.05) is 20.2 Å². The summed E-state index contributed by atoms with van der Waals surface area (Å²) in [5, 5.41) is 0.992. The van der Waals surface area contributed by atoms with Gasteiger partial charge in [-0.25, -0.2) is 0 Å². The second-order valence-corrected chi connectivity index (χ2v) is 6.67. The van der Waals surface area contributed by atoms with E-state index in [9.17, 15) is 4.79 Å². The molecule has 1 aromatic heterocycles. The summed E-state index contributed by atoms with van der Waals surface area (Å²) in [6.45, 7) is 2.76. The largest absolute Gasteiger partial charge is 0.497 e. The number of nitrogens with zero attached hydrogens (tertiary/aromatic N) is 1. The third-order valence-electron chi connectivity index (χ3n) is 4.94. The van der Waals surface area contributed by atoms with Gasteiger partial charge in [-0.3, -0.25) is 9.69 Å². The predicted octanol–water partition coefficient (Wildman–Crippen LogP) is 3.83. The Morgan fingerprint density at radius 3 is 2.69 bits per heavy atom. The van der Waals surface area contributed by atoms with Gasteiger partial charge in [0.05, 0.1) is 7.11 Å². The number of rotatable bonds is 4. The number of hydrogen-bond donors (Lipinski definition) is 1. The van der Waals surface area contributed by atoms with Crippen molar-refractivity contribution in [1.82, 2.24) is 9.88 Å². The van der Waals surface area contributed by atoms with Crippen molar-refractivity contribution in [2.24, 2.45) is 0 Å². The molecule has 0 amide bonds. The van der Waals surface area contributed by atoms with Crippen LogP contribution < -0.4 is 10.3 Å². The van der Waals surface area contributed by atoms with E-state index in [1.54, 1.807) is 7.11 Å². The summed E-state index contributed by atoms with van der Waals surface area (Å²) < 4.78 is 5.30. The van der Waals surface area contributed by atoms with Crippen LogP contribution in [0.4, 0.5) is 0 Å². The Labute approximate surface area is 152 Å². The summed E-state index contributed by atoms with van der Waals surface area (Å²) in [5.41, 5.74) is 4.03. The van der Waals surface area contributed by atoms with Gasteiger partial charge in [0, 0.05) is 36.1 Å². The van der Waals surface area contributed by atoms with Gasteiger partial charge in [-0.15, -0.1) is 0 Å². The number of ether oxygens (including phenoxy) is 1. The molecule has 0 unspecified atom stereocenters. The molecular formula is C22H22N2O2. The monoisotopic (exact) mass is 346 g/mol. The fourth-order valence-corrected chi connectivity index (χ4v) is 3.49. The van der Waals surface area contributed by atoms with E-state index in [0.29, 0.717) is 0 Å². The van der Waals surface area contributed by atoms with Gasteiger partial charge in [-0.2, -0.15) is 0 Å². The van der Waals surface area contributed by atoms with Crippen molar-refractivity contribution in [2.45, 2.75) is 13.0 Å². The highest BCUT2D eigenvalue weighted by Gasteiger charge is 2.16. The number of pyridine rings is 1. The molecule has 4 heteroatoms. The number of benzene rings is 2. The van der Waals surface area contributed by atoms with Crippen molar-refractivity contribution in [1.29, 1.82) is 0 Å². The summed E-state index contributed by atoms with van der Waals surface area (Å²) in [6, 6.07) is 18.2. The minimum atomic E-state index is -0.0228. The zero-order valence-electron chi connectivity index (χ0n) is 14.9. The first-order valence-electron chi connectivity index (χ1n) is 8.90. The van der Waals surface area contributed by atoms with Crippen LogP contribution in [0.25, 0.3) is 16.5 Å². The summed E-state index contributed by atoms with van der Waals surface area (Å²) in [6.07, 6.45) is 3.06. The molecule has 0 aliphatic carbocycles. The normalized spacial score (nSPS) is 15.0. The van der Waals surface area contributed by atoms with Gasteiger partial charge in [-0.05, 0) is 41.8 Å². The fourth-order valence-electron chi connectivity index (χ4n) is 3.49. The van der Waals surface area contributed by atoms with Crippen LogP contribution in [0.3, 0.4) is 0 Å². The van der Waals surface area contributed by atoms with Crippen LogP contribution in [0.1, 0.15) is 17.5 Å². The summed E-state index contributed by atoms with van der Waals surface area (Å²) in [4.78, 5) is 17.9. The van der Waals surface area contributed by atoms with E-state index in [-0.39, 0.29) is 5.56 Å². The minimum Gasteiger partial charge on any atom is -0.497 e. The van der Waals surface area contributed by atoms with Gasteiger partial charge in [0.15, 0.2) is 0 Å². The van der Waals surface area contributed by atoms with Gasteiger partial charge in [-0.1, -0.05) is 36.4 Å². The van der Waals surface area contributed by atoms with E-state index in [0.717, 1.165) is 53.8 Å². The Bertz CT molecular complexity index is 1010. The van der Waals surface area contributed by atoms with Crippen LogP contribution in [0.5, 0.6) is 5.75 Å². The molecule has 4 nitrogen and oxygen atoms in total. The molecule has 0 saturated heterocycles. The van der Waals surface area contributed by atoms with Gasteiger partial charge < -0.3 is 9.72 Å². The van der Waals surface area contributed by atoms with E-state index in [1.165, 1.54) is 5.56 Å². The maximum atomic E-state index is 12.5. The molecule has 26 heavy (non-hydrogen) atoms. The molecule has 3 aromatic rings. The van der Waals surface area contributed by atoms with E-state index in [4.69, 9.17) is 4.74 Å². The third-order valence-corrected chi connectivity index (χ3v) is 4.94. The summed E-state index contributed by atoms with van der Waals surface area (Å²) in [5.74, 6) is 0.794. The molecule has 4 rings (SSSR count). The quantitative estimate of drug-likeness (QED) is 0.781. The van der Waals surface area contributed by atoms with Crippen molar-refractivity contribution in [3.63, 3.8) is 0 Å². The van der Waals surface area contributed by atoms with Crippen LogP contribution in [0.15, 0.2) is 65.5 Å². The SMILES string of the molecule is COc1ccc2[nH]c(=O)c(C3=CCN(Cc4ccccc4)CC3)cc2c1. The van der Waals surface area contributed by atoms with Crippen molar-refractivity contribution >= 4 is 16.5 Å². The first-order chi connectivity index (χ1) is 12.7. The summed E-state index contributed by atoms with van der Waals surface area (Å²) >= 11 is 0. The van der Waals surface area contributed by atoms with Gasteiger partial charge >= 0.3 is 0 Å². The minimum absolute atomic E-state index is 0.0228. The zero-order chi connectivity index (χ0) is 17.9. The molecule has 132 valence electrons. The number of H-pyrrole nitrogens is 1. The third kappa shape index (κ3) is 3.41. The molecule has 2 heterocycles. The Balaban J connectivity index is 1.58. The maximum absolute atomic E-state index is 12.5. The number of aromatic amines is 1. The number of hydrogen-bond acceptors (Lipinski definition) is 3. The molecule has 0 spiro atoms. The highest BCUT2D eigenvalue weighted by molar-refractivity contribution is 5.84. The van der Waals surface area contributed by atoms with Crippen LogP contribution in [0, 0.1) is 0 Å². The van der Waals surface area contributed by atoms with Crippen LogP contribution >= 0.6 is 0 Å². The van der Waals surface area contributed by atoms with E-state index in [2.05, 4.69) is 40.2 Å². The Hall–Kier alpha value is -2.85. The predicted molar refractivity (Wildman–Crippen MR) is 105 cm³/mol. The fraction of sp³-hybridized carbons (Fsp3) is 0.227. The Morgan fingerprint density at radius 1 is 1.12 bits per heavy atom. The van der Waals surface area contributed by atoms with Crippen LogP contribution in [0.2, 0.25) is 0 Å². The average molecular weight is 346 g/mol. The van der Waals surface area contributed by atoms with E-state index < -0.39 is 0 Å². The second-order valence-electron chi connectivity index (χ2n) is 6.67. The molecule has 1 aliphatic rings. The molecular weight excluding hydrogens is 324 g/mol. The highest BCUT2D eigenvalue weighted by Crippen LogP contribution is 2.25. The highest BCUT2D eigenvalue weighted by atomic mass is 16.5. The topological polar surface area (TPSA) is 45.3 Å². The van der Waals surface area contributed by atoms with E-state index >= 15 is 0 Å². The van der Waals surface area contributed by atoms with Crippen LogP contribution in [-0.2, 0) is 6.54 Å². The molecule has 2 aromatic carbocycles. The molecule has 0 fully saturated rings. The van der Waals surface area contributed by atoms with Gasteiger partial charge in [0.25, 0.3) is 5.56 Å². The molecule has 0 radical (unpaired) electrons. The standard InChI is InChI=1S/C22H22N2O2/c1-26-19-7-8-21-18(13-19)14-20(22(25)23-21)17-9-11-24(12-10-17)15-16-5-3-2-4-6-16/h2-9,13-14H,10-12,15H2,1H3,(H,23,25). The Kier molecular flexibility index (Phi) is 4.59. The van der Waals surface area contributed by atoms with E-state index in [1.807, 2.05) is 30.3 Å². The summed E-state index contributed by atoms with van der Waals surface area (Å²) in [7, 11) is 1.65. The second kappa shape index (κ2) is 7.18.